The summed E-state index contributed by atoms with van der Waals surface area (Å²) in [5.74, 6) is -1.95. The summed E-state index contributed by atoms with van der Waals surface area (Å²) in [6.07, 6.45) is -2.21. The zero-order valence-corrected chi connectivity index (χ0v) is 11.0. The predicted octanol–water partition coefficient (Wildman–Crippen LogP) is 2.30. The minimum absolute atomic E-state index is 0.130. The fraction of sp³-hybridized carbons (Fsp3) is 0.500. The number of carboxylic acid groups (broad SMARTS) is 1. The third-order valence-electron chi connectivity index (χ3n) is 2.45. The summed E-state index contributed by atoms with van der Waals surface area (Å²) in [6, 6.07) is 2.33. The number of aliphatic carboxylic acids is 1. The number of amides is 1. The van der Waals surface area contributed by atoms with Gasteiger partial charge in [-0.1, -0.05) is 6.07 Å². The Morgan fingerprint density at radius 2 is 2.16 bits per heavy atom. The lowest BCUT2D eigenvalue weighted by molar-refractivity contribution is -0.143. The van der Waals surface area contributed by atoms with Crippen LogP contribution < -0.4 is 5.32 Å². The number of alkyl halides is 2. The Morgan fingerprint density at radius 1 is 1.42 bits per heavy atom. The topological polar surface area (TPSA) is 66.4 Å². The lowest BCUT2D eigenvalue weighted by Gasteiger charge is -2.13. The molecule has 1 amide bonds. The Bertz CT molecular complexity index is 409. The van der Waals surface area contributed by atoms with Crippen LogP contribution in [0, 0.1) is 0 Å². The van der Waals surface area contributed by atoms with Crippen LogP contribution in [0.25, 0.3) is 0 Å². The first-order valence-electron chi connectivity index (χ1n) is 5.81. The van der Waals surface area contributed by atoms with Crippen molar-refractivity contribution in [3.05, 3.63) is 22.4 Å². The summed E-state index contributed by atoms with van der Waals surface area (Å²) in [5.41, 5.74) is 0. The summed E-state index contributed by atoms with van der Waals surface area (Å²) in [5, 5.41) is 12.7. The molecule has 1 rings (SSSR count). The molecule has 106 valence electrons. The van der Waals surface area contributed by atoms with Crippen molar-refractivity contribution in [1.82, 2.24) is 5.32 Å². The molecule has 0 spiro atoms. The second kappa shape index (κ2) is 7.83. The first-order chi connectivity index (χ1) is 8.99. The van der Waals surface area contributed by atoms with Gasteiger partial charge in [0.25, 0.3) is 0 Å². The molecule has 2 N–H and O–H groups in total. The maximum atomic E-state index is 12.1. The molecule has 1 unspecified atom stereocenters. The van der Waals surface area contributed by atoms with Gasteiger partial charge in [-0.05, 0) is 24.3 Å². The number of carbonyl (C=O) groups is 2. The zero-order valence-electron chi connectivity index (χ0n) is 10.1. The maximum Gasteiger partial charge on any atom is 0.326 e. The molecule has 19 heavy (non-hydrogen) atoms. The van der Waals surface area contributed by atoms with Crippen LogP contribution in [-0.4, -0.2) is 29.5 Å². The summed E-state index contributed by atoms with van der Waals surface area (Å²) in [4.78, 5) is 23.3. The highest BCUT2D eigenvalue weighted by atomic mass is 32.1. The molecule has 0 aliphatic heterocycles. The number of thiophene rings is 1. The smallest absolute Gasteiger partial charge is 0.326 e. The molecular formula is C12H15F2NO3S. The molecule has 7 heteroatoms. The van der Waals surface area contributed by atoms with E-state index in [1.54, 1.807) is 11.3 Å². The van der Waals surface area contributed by atoms with Crippen molar-refractivity contribution in [3.63, 3.8) is 0 Å². The van der Waals surface area contributed by atoms with Crippen LogP contribution >= 0.6 is 11.3 Å². The monoisotopic (exact) mass is 291 g/mol. The first kappa shape index (κ1) is 15.6. The number of hydrogen-bond donors (Lipinski definition) is 2. The molecular weight excluding hydrogens is 276 g/mol. The lowest BCUT2D eigenvalue weighted by atomic mass is 10.1. The van der Waals surface area contributed by atoms with Crippen molar-refractivity contribution in [1.29, 1.82) is 0 Å². The average molecular weight is 291 g/mol. The zero-order chi connectivity index (χ0) is 14.3. The molecule has 1 atom stereocenters. The molecule has 1 aromatic heterocycles. The average Bonchev–Trinajstić information content (AvgIpc) is 2.80. The number of halogens is 2. The van der Waals surface area contributed by atoms with Gasteiger partial charge in [0, 0.05) is 17.7 Å². The van der Waals surface area contributed by atoms with Crippen LogP contribution in [0.4, 0.5) is 8.78 Å². The summed E-state index contributed by atoms with van der Waals surface area (Å²) in [6.45, 7) is 0. The maximum absolute atomic E-state index is 12.1. The summed E-state index contributed by atoms with van der Waals surface area (Å²) >= 11 is 1.58. The largest absolute Gasteiger partial charge is 0.480 e. The molecule has 0 fully saturated rings. The van der Waals surface area contributed by atoms with E-state index in [-0.39, 0.29) is 6.42 Å². The Balaban J connectivity index is 2.30. The van der Waals surface area contributed by atoms with Gasteiger partial charge in [-0.2, -0.15) is 0 Å². The molecule has 0 radical (unpaired) electrons. The van der Waals surface area contributed by atoms with Gasteiger partial charge in [-0.3, -0.25) is 4.79 Å². The molecule has 4 nitrogen and oxygen atoms in total. The Hall–Kier alpha value is -1.50. The van der Waals surface area contributed by atoms with E-state index >= 15 is 0 Å². The van der Waals surface area contributed by atoms with Crippen LogP contribution in [0.1, 0.15) is 24.1 Å². The second-order valence-electron chi connectivity index (χ2n) is 4.02. The minimum atomic E-state index is -2.76. The van der Waals surface area contributed by atoms with Crippen LogP contribution in [0.3, 0.4) is 0 Å². The summed E-state index contributed by atoms with van der Waals surface area (Å²) in [7, 11) is 0. The Morgan fingerprint density at radius 3 is 2.68 bits per heavy atom. The highest BCUT2D eigenvalue weighted by Gasteiger charge is 2.23. The van der Waals surface area contributed by atoms with Gasteiger partial charge in [-0.25, -0.2) is 13.6 Å². The highest BCUT2D eigenvalue weighted by Crippen LogP contribution is 2.12. The van der Waals surface area contributed by atoms with E-state index in [0.717, 1.165) is 11.3 Å². The number of nitrogens with one attached hydrogen (secondary N) is 1. The van der Waals surface area contributed by atoms with Gasteiger partial charge in [0.15, 0.2) is 0 Å². The van der Waals surface area contributed by atoms with Crippen molar-refractivity contribution in [2.45, 2.75) is 38.2 Å². The van der Waals surface area contributed by atoms with E-state index in [9.17, 15) is 18.4 Å². The quantitative estimate of drug-likeness (QED) is 0.772. The van der Waals surface area contributed by atoms with E-state index in [0.29, 0.717) is 6.42 Å². The normalized spacial score (nSPS) is 12.4. The summed E-state index contributed by atoms with van der Waals surface area (Å²) < 4.78 is 24.2. The van der Waals surface area contributed by atoms with Crippen LogP contribution in [0.2, 0.25) is 0 Å². The van der Waals surface area contributed by atoms with E-state index in [1.807, 2.05) is 17.5 Å². The third-order valence-corrected chi connectivity index (χ3v) is 3.39. The van der Waals surface area contributed by atoms with Crippen LogP contribution in [-0.2, 0) is 16.0 Å². The number of carboxylic acids is 1. The molecule has 0 saturated carbocycles. The number of rotatable bonds is 8. The molecule has 0 bridgehead atoms. The minimum Gasteiger partial charge on any atom is -0.480 e. The highest BCUT2D eigenvalue weighted by molar-refractivity contribution is 7.09. The number of hydrogen-bond acceptors (Lipinski definition) is 3. The molecule has 0 saturated heterocycles. The van der Waals surface area contributed by atoms with Gasteiger partial charge in [0.1, 0.15) is 6.04 Å². The van der Waals surface area contributed by atoms with E-state index in [4.69, 9.17) is 5.11 Å². The van der Waals surface area contributed by atoms with Crippen molar-refractivity contribution >= 4 is 23.2 Å². The standard InChI is InChI=1S/C12H15F2NO3S/c13-10(14)7-9(12(17)18)15-11(16)5-1-3-8-4-2-6-19-8/h2,4,6,9-10H,1,3,5,7H2,(H,15,16)(H,17,18). The predicted molar refractivity (Wildman–Crippen MR) is 67.4 cm³/mol. The Kier molecular flexibility index (Phi) is 6.41. The van der Waals surface area contributed by atoms with Crippen molar-refractivity contribution < 1.29 is 23.5 Å². The van der Waals surface area contributed by atoms with E-state index < -0.39 is 30.8 Å². The van der Waals surface area contributed by atoms with Crippen molar-refractivity contribution in [2.75, 3.05) is 0 Å². The Labute approximate surface area is 113 Å². The van der Waals surface area contributed by atoms with Crippen molar-refractivity contribution in [2.24, 2.45) is 0 Å². The fourth-order valence-corrected chi connectivity index (χ4v) is 2.30. The molecule has 0 aliphatic carbocycles. The third kappa shape index (κ3) is 6.28. The van der Waals surface area contributed by atoms with Gasteiger partial charge < -0.3 is 10.4 Å². The second-order valence-corrected chi connectivity index (χ2v) is 5.05. The first-order valence-corrected chi connectivity index (χ1v) is 6.69. The van der Waals surface area contributed by atoms with Gasteiger partial charge >= 0.3 is 5.97 Å². The van der Waals surface area contributed by atoms with Gasteiger partial charge in [0.2, 0.25) is 12.3 Å². The SMILES string of the molecule is O=C(CCCc1cccs1)NC(CC(F)F)C(=O)O. The van der Waals surface area contributed by atoms with Crippen LogP contribution in [0.15, 0.2) is 17.5 Å². The fourth-order valence-electron chi connectivity index (χ4n) is 1.54. The van der Waals surface area contributed by atoms with E-state index in [1.165, 1.54) is 0 Å². The van der Waals surface area contributed by atoms with Gasteiger partial charge in [0.05, 0.1) is 0 Å². The van der Waals surface area contributed by atoms with E-state index in [2.05, 4.69) is 5.32 Å². The number of carbonyl (C=O) groups excluding carboxylic acids is 1. The lowest BCUT2D eigenvalue weighted by Crippen LogP contribution is -2.41. The van der Waals surface area contributed by atoms with Crippen LogP contribution in [0.5, 0.6) is 0 Å². The molecule has 1 heterocycles. The van der Waals surface area contributed by atoms with Crippen molar-refractivity contribution in [3.8, 4) is 0 Å². The van der Waals surface area contributed by atoms with Gasteiger partial charge in [-0.15, -0.1) is 11.3 Å². The number of aryl methyl sites for hydroxylation is 1. The molecule has 1 aromatic rings. The molecule has 0 aliphatic rings. The molecule has 0 aromatic carbocycles.